The quantitative estimate of drug-likeness (QED) is 0.495. The van der Waals surface area contributed by atoms with E-state index in [0.29, 0.717) is 0 Å². The van der Waals surface area contributed by atoms with Crippen molar-refractivity contribution in [3.05, 3.63) is 35.4 Å². The molecule has 140 valence electrons. The van der Waals surface area contributed by atoms with Gasteiger partial charge in [0.25, 0.3) is 0 Å². The van der Waals surface area contributed by atoms with Gasteiger partial charge in [-0.25, -0.2) is 4.79 Å². The number of aliphatic hydroxyl groups excluding tert-OH is 3. The van der Waals surface area contributed by atoms with E-state index in [1.165, 1.54) is 5.56 Å². The SMILES string of the molecule is C#CCN(C1CCc2ccccc21)C1OC(C(=O)OC)C(O)C(O)C1O. The van der Waals surface area contributed by atoms with Crippen LogP contribution in [0.4, 0.5) is 0 Å². The van der Waals surface area contributed by atoms with Crippen LogP contribution in [0.15, 0.2) is 24.3 Å². The number of esters is 1. The third kappa shape index (κ3) is 3.22. The van der Waals surface area contributed by atoms with Gasteiger partial charge in [0.15, 0.2) is 6.10 Å². The Morgan fingerprint density at radius 1 is 1.31 bits per heavy atom. The molecule has 1 aromatic rings. The summed E-state index contributed by atoms with van der Waals surface area (Å²) in [6, 6.07) is 7.81. The van der Waals surface area contributed by atoms with E-state index in [1.54, 1.807) is 4.90 Å². The molecule has 0 saturated carbocycles. The number of hydrogen-bond donors (Lipinski definition) is 3. The summed E-state index contributed by atoms with van der Waals surface area (Å²) in [6.07, 6.45) is 0.126. The van der Waals surface area contributed by atoms with E-state index in [-0.39, 0.29) is 12.6 Å². The van der Waals surface area contributed by atoms with Crippen molar-refractivity contribution in [1.82, 2.24) is 4.90 Å². The number of terminal acetylenes is 1. The number of aryl methyl sites for hydroxylation is 1. The first-order chi connectivity index (χ1) is 12.5. The van der Waals surface area contributed by atoms with Gasteiger partial charge in [0.05, 0.1) is 13.7 Å². The van der Waals surface area contributed by atoms with Crippen molar-refractivity contribution in [2.45, 2.75) is 49.5 Å². The molecule has 6 unspecified atom stereocenters. The number of carbonyl (C=O) groups excluding carboxylic acids is 1. The second-order valence-corrected chi connectivity index (χ2v) is 6.57. The molecule has 0 radical (unpaired) electrons. The average molecular weight is 361 g/mol. The molecule has 1 aromatic carbocycles. The standard InChI is InChI=1S/C19H23NO6/c1-3-10-20(13-9-8-11-6-4-5-7-12(11)13)18-16(23)14(21)15(22)17(26-18)19(24)25-2/h1,4-7,13-18,21-23H,8-10H2,2H3. The van der Waals surface area contributed by atoms with Gasteiger partial charge in [-0.05, 0) is 24.0 Å². The molecule has 1 fully saturated rings. The maximum Gasteiger partial charge on any atom is 0.337 e. The molecule has 1 saturated heterocycles. The highest BCUT2D eigenvalue weighted by Crippen LogP contribution is 2.38. The first-order valence-corrected chi connectivity index (χ1v) is 8.54. The van der Waals surface area contributed by atoms with E-state index in [1.807, 2.05) is 24.3 Å². The van der Waals surface area contributed by atoms with Crippen molar-refractivity contribution in [1.29, 1.82) is 0 Å². The lowest BCUT2D eigenvalue weighted by Gasteiger charge is -2.45. The number of hydrogen-bond acceptors (Lipinski definition) is 7. The monoisotopic (exact) mass is 361 g/mol. The van der Waals surface area contributed by atoms with Crippen molar-refractivity contribution >= 4 is 5.97 Å². The zero-order valence-corrected chi connectivity index (χ0v) is 14.5. The Hall–Kier alpha value is -1.95. The van der Waals surface area contributed by atoms with E-state index in [4.69, 9.17) is 11.2 Å². The summed E-state index contributed by atoms with van der Waals surface area (Å²) in [5.74, 6) is 1.73. The molecule has 1 aliphatic carbocycles. The van der Waals surface area contributed by atoms with Crippen LogP contribution >= 0.6 is 0 Å². The van der Waals surface area contributed by atoms with Gasteiger partial charge in [-0.1, -0.05) is 30.2 Å². The molecule has 1 heterocycles. The Balaban J connectivity index is 1.92. The topological polar surface area (TPSA) is 99.5 Å². The maximum atomic E-state index is 11.9. The minimum Gasteiger partial charge on any atom is -0.467 e. The number of benzene rings is 1. The molecule has 2 aliphatic rings. The third-order valence-corrected chi connectivity index (χ3v) is 5.12. The number of fused-ring (bicyclic) bond motifs is 1. The third-order valence-electron chi connectivity index (χ3n) is 5.12. The lowest BCUT2D eigenvalue weighted by Crippen LogP contribution is -2.64. The van der Waals surface area contributed by atoms with Gasteiger partial charge in [-0.2, -0.15) is 0 Å². The fourth-order valence-corrected chi connectivity index (χ4v) is 3.81. The Labute approximate surface area is 152 Å². The first-order valence-electron chi connectivity index (χ1n) is 8.54. The van der Waals surface area contributed by atoms with Gasteiger partial charge in [0.2, 0.25) is 0 Å². The molecular weight excluding hydrogens is 338 g/mol. The number of ether oxygens (including phenoxy) is 2. The summed E-state index contributed by atoms with van der Waals surface area (Å²) in [6.45, 7) is 0.150. The summed E-state index contributed by atoms with van der Waals surface area (Å²) in [4.78, 5) is 13.7. The van der Waals surface area contributed by atoms with Crippen LogP contribution in [0.25, 0.3) is 0 Å². The summed E-state index contributed by atoms with van der Waals surface area (Å²) in [5.41, 5.74) is 2.27. The van der Waals surface area contributed by atoms with Gasteiger partial charge >= 0.3 is 5.97 Å². The van der Waals surface area contributed by atoms with Crippen molar-refractivity contribution in [3.8, 4) is 12.3 Å². The van der Waals surface area contributed by atoms with E-state index >= 15 is 0 Å². The Morgan fingerprint density at radius 3 is 2.73 bits per heavy atom. The van der Waals surface area contributed by atoms with Gasteiger partial charge in [0.1, 0.15) is 24.5 Å². The predicted octanol–water partition coefficient (Wildman–Crippen LogP) is -0.410. The number of methoxy groups -OCH3 is 1. The van der Waals surface area contributed by atoms with Crippen LogP contribution in [0, 0.1) is 12.3 Å². The minimum atomic E-state index is -1.59. The largest absolute Gasteiger partial charge is 0.467 e. The predicted molar refractivity (Wildman–Crippen MR) is 91.7 cm³/mol. The Kier molecular flexibility index (Phi) is 5.61. The molecule has 0 aromatic heterocycles. The van der Waals surface area contributed by atoms with Crippen molar-refractivity contribution < 1.29 is 29.6 Å². The zero-order valence-electron chi connectivity index (χ0n) is 14.5. The second kappa shape index (κ2) is 7.74. The van der Waals surface area contributed by atoms with E-state index < -0.39 is 36.6 Å². The summed E-state index contributed by atoms with van der Waals surface area (Å²) < 4.78 is 10.3. The lowest BCUT2D eigenvalue weighted by molar-refractivity contribution is -0.264. The molecule has 26 heavy (non-hydrogen) atoms. The van der Waals surface area contributed by atoms with Crippen LogP contribution in [0.3, 0.4) is 0 Å². The summed E-state index contributed by atoms with van der Waals surface area (Å²) in [7, 11) is 1.16. The summed E-state index contributed by atoms with van der Waals surface area (Å²) >= 11 is 0. The number of nitrogens with zero attached hydrogens (tertiary/aromatic N) is 1. The van der Waals surface area contributed by atoms with E-state index in [0.717, 1.165) is 25.5 Å². The Bertz CT molecular complexity index is 702. The van der Waals surface area contributed by atoms with Crippen molar-refractivity contribution in [2.24, 2.45) is 0 Å². The highest BCUT2D eigenvalue weighted by Gasteiger charge is 2.50. The van der Waals surface area contributed by atoms with Crippen LogP contribution < -0.4 is 0 Å². The molecule has 0 bridgehead atoms. The van der Waals surface area contributed by atoms with Crippen LogP contribution in [-0.4, -0.2) is 70.5 Å². The van der Waals surface area contributed by atoms with Crippen molar-refractivity contribution in [2.75, 3.05) is 13.7 Å². The van der Waals surface area contributed by atoms with Crippen LogP contribution in [-0.2, 0) is 20.7 Å². The fourth-order valence-electron chi connectivity index (χ4n) is 3.81. The molecule has 6 atom stereocenters. The number of rotatable bonds is 4. The molecule has 3 rings (SSSR count). The first kappa shape index (κ1) is 18.8. The van der Waals surface area contributed by atoms with Crippen LogP contribution in [0.1, 0.15) is 23.6 Å². The summed E-state index contributed by atoms with van der Waals surface area (Å²) in [5, 5.41) is 30.8. The molecule has 0 spiro atoms. The van der Waals surface area contributed by atoms with Gasteiger partial charge in [-0.15, -0.1) is 6.42 Å². The molecule has 3 N–H and O–H groups in total. The molecular formula is C19H23NO6. The van der Waals surface area contributed by atoms with E-state index in [9.17, 15) is 20.1 Å². The average Bonchev–Trinajstić information content (AvgIpc) is 3.08. The molecule has 0 amide bonds. The zero-order chi connectivity index (χ0) is 18.8. The molecule has 1 aliphatic heterocycles. The molecule has 7 nitrogen and oxygen atoms in total. The van der Waals surface area contributed by atoms with Gasteiger partial charge in [0, 0.05) is 6.04 Å². The van der Waals surface area contributed by atoms with Crippen LogP contribution in [0.5, 0.6) is 0 Å². The molecule has 7 heteroatoms. The second-order valence-electron chi connectivity index (χ2n) is 6.57. The lowest BCUT2D eigenvalue weighted by atomic mass is 9.96. The van der Waals surface area contributed by atoms with Gasteiger partial charge < -0.3 is 24.8 Å². The normalized spacial score (nSPS) is 33.5. The fraction of sp³-hybridized carbons (Fsp3) is 0.526. The smallest absolute Gasteiger partial charge is 0.337 e. The number of carbonyl (C=O) groups is 1. The highest BCUT2D eigenvalue weighted by molar-refractivity contribution is 5.75. The van der Waals surface area contributed by atoms with Crippen molar-refractivity contribution in [3.63, 3.8) is 0 Å². The van der Waals surface area contributed by atoms with Gasteiger partial charge in [-0.3, -0.25) is 4.90 Å². The van der Waals surface area contributed by atoms with Crippen LogP contribution in [0.2, 0.25) is 0 Å². The minimum absolute atomic E-state index is 0.123. The Morgan fingerprint density at radius 2 is 2.04 bits per heavy atom. The number of aliphatic hydroxyl groups is 3. The van der Waals surface area contributed by atoms with E-state index in [2.05, 4.69) is 10.7 Å². The maximum absolute atomic E-state index is 11.9. The highest BCUT2D eigenvalue weighted by atomic mass is 16.6.